The van der Waals surface area contributed by atoms with E-state index in [0.717, 1.165) is 39.0 Å². The molecule has 3 saturated heterocycles. The van der Waals surface area contributed by atoms with Gasteiger partial charge in [-0.25, -0.2) is 9.18 Å². The van der Waals surface area contributed by atoms with Crippen LogP contribution in [-0.4, -0.2) is 71.4 Å². The van der Waals surface area contributed by atoms with Gasteiger partial charge in [-0.1, -0.05) is 13.8 Å². The number of hydrogen-bond donors (Lipinski definition) is 1. The van der Waals surface area contributed by atoms with Crippen LogP contribution in [0.3, 0.4) is 0 Å². The molecule has 0 radical (unpaired) electrons. The topological polar surface area (TPSA) is 55.9 Å². The molecular formula is C23H33FN4O2. The molecule has 0 saturated carbocycles. The highest BCUT2D eigenvalue weighted by molar-refractivity contribution is 5.89. The van der Waals surface area contributed by atoms with Crippen LogP contribution in [0.15, 0.2) is 24.3 Å². The van der Waals surface area contributed by atoms with Crippen LogP contribution in [0, 0.1) is 23.6 Å². The number of fused-ring (bicyclic) bond motifs is 2. The van der Waals surface area contributed by atoms with Gasteiger partial charge in [-0.05, 0) is 49.9 Å². The minimum atomic E-state index is -0.323. The zero-order valence-electron chi connectivity index (χ0n) is 18.2. The molecule has 3 fully saturated rings. The van der Waals surface area contributed by atoms with E-state index in [4.69, 9.17) is 0 Å². The summed E-state index contributed by atoms with van der Waals surface area (Å²) in [6.45, 7) is 11.4. The second kappa shape index (κ2) is 8.17. The van der Waals surface area contributed by atoms with Crippen molar-refractivity contribution in [2.45, 2.75) is 39.2 Å². The summed E-state index contributed by atoms with van der Waals surface area (Å²) in [5, 5.41) is 2.86. The third-order valence-electron chi connectivity index (χ3n) is 7.16. The smallest absolute Gasteiger partial charge is 0.321 e. The summed E-state index contributed by atoms with van der Waals surface area (Å²) < 4.78 is 13.1. The van der Waals surface area contributed by atoms with Crippen molar-refractivity contribution in [2.24, 2.45) is 17.8 Å². The fourth-order valence-corrected chi connectivity index (χ4v) is 5.91. The predicted octanol–water partition coefficient (Wildman–Crippen LogP) is 3.26. The average Bonchev–Trinajstić information content (AvgIpc) is 3.21. The van der Waals surface area contributed by atoms with Crippen molar-refractivity contribution in [2.75, 3.05) is 44.6 Å². The van der Waals surface area contributed by atoms with Crippen molar-refractivity contribution in [1.82, 2.24) is 14.7 Å². The van der Waals surface area contributed by atoms with Crippen LogP contribution in [0.25, 0.3) is 0 Å². The van der Waals surface area contributed by atoms with Gasteiger partial charge in [-0.2, -0.15) is 0 Å². The molecule has 0 aliphatic carbocycles. The number of piperidine rings is 1. The normalized spacial score (nSPS) is 26.0. The van der Waals surface area contributed by atoms with E-state index in [1.165, 1.54) is 12.1 Å². The zero-order valence-corrected chi connectivity index (χ0v) is 18.2. The number of urea groups is 1. The summed E-state index contributed by atoms with van der Waals surface area (Å²) in [7, 11) is 0. The third kappa shape index (κ3) is 3.68. The molecule has 0 bridgehead atoms. The van der Waals surface area contributed by atoms with Crippen LogP contribution >= 0.6 is 0 Å². The molecule has 30 heavy (non-hydrogen) atoms. The molecule has 1 spiro atoms. The molecule has 3 amide bonds. The van der Waals surface area contributed by atoms with Crippen molar-refractivity contribution in [1.29, 1.82) is 0 Å². The summed E-state index contributed by atoms with van der Waals surface area (Å²) in [5.41, 5.74) is 0.461. The largest absolute Gasteiger partial charge is 0.337 e. The van der Waals surface area contributed by atoms with Gasteiger partial charge in [0.15, 0.2) is 0 Å². The number of benzene rings is 1. The lowest BCUT2D eigenvalue weighted by atomic mass is 9.75. The van der Waals surface area contributed by atoms with Gasteiger partial charge < -0.3 is 20.0 Å². The standard InChI is InChI=1S/C23H33FN4O2/c1-4-28-21(29)19-14-26(13-16(2)3)15-20(19)23(28)9-11-27(12-10-23)22(30)25-18-7-5-17(24)6-8-18/h5-8,16,19-20H,4,9-15H2,1-3H3,(H,25,30)/t19-,20+/m0/s1. The SMILES string of the molecule is CCN1C(=O)[C@H]2CN(CC(C)C)C[C@H]2C12CCN(C(=O)Nc1ccc(F)cc1)CC2. The number of nitrogens with zero attached hydrogens (tertiary/aromatic N) is 3. The van der Waals surface area contributed by atoms with E-state index in [0.29, 0.717) is 36.5 Å². The van der Waals surface area contributed by atoms with Gasteiger partial charge in [0, 0.05) is 50.9 Å². The first-order valence-electron chi connectivity index (χ1n) is 11.2. The Morgan fingerprint density at radius 3 is 2.47 bits per heavy atom. The summed E-state index contributed by atoms with van der Waals surface area (Å²) in [5.74, 6) is 1.03. The molecule has 1 N–H and O–H groups in total. The molecule has 0 unspecified atom stereocenters. The summed E-state index contributed by atoms with van der Waals surface area (Å²) in [6.07, 6.45) is 1.64. The first-order chi connectivity index (χ1) is 14.3. The molecule has 3 aliphatic rings. The van der Waals surface area contributed by atoms with E-state index in [9.17, 15) is 14.0 Å². The summed E-state index contributed by atoms with van der Waals surface area (Å²) >= 11 is 0. The van der Waals surface area contributed by atoms with Crippen LogP contribution in [0.4, 0.5) is 14.9 Å². The first-order valence-corrected chi connectivity index (χ1v) is 11.2. The molecule has 0 aromatic heterocycles. The monoisotopic (exact) mass is 416 g/mol. The maximum Gasteiger partial charge on any atom is 0.321 e. The lowest BCUT2D eigenvalue weighted by molar-refractivity contribution is -0.135. The van der Waals surface area contributed by atoms with E-state index >= 15 is 0 Å². The fraction of sp³-hybridized carbons (Fsp3) is 0.652. The molecule has 3 heterocycles. The van der Waals surface area contributed by atoms with Crippen LogP contribution in [-0.2, 0) is 4.79 Å². The third-order valence-corrected chi connectivity index (χ3v) is 7.16. The molecule has 4 rings (SSSR count). The number of hydrogen-bond acceptors (Lipinski definition) is 3. The maximum atomic E-state index is 13.2. The number of likely N-dealkylation sites (tertiary alicyclic amines) is 3. The highest BCUT2D eigenvalue weighted by atomic mass is 19.1. The maximum absolute atomic E-state index is 13.2. The predicted molar refractivity (Wildman–Crippen MR) is 115 cm³/mol. The molecular weight excluding hydrogens is 383 g/mol. The number of carbonyl (C=O) groups excluding carboxylic acids is 2. The minimum Gasteiger partial charge on any atom is -0.337 e. The zero-order chi connectivity index (χ0) is 21.5. The van der Waals surface area contributed by atoms with Crippen LogP contribution in [0.5, 0.6) is 0 Å². The van der Waals surface area contributed by atoms with E-state index in [-0.39, 0.29) is 23.3 Å². The quantitative estimate of drug-likeness (QED) is 0.820. The van der Waals surface area contributed by atoms with E-state index in [1.807, 2.05) is 4.90 Å². The Labute approximate surface area is 178 Å². The van der Waals surface area contributed by atoms with Crippen LogP contribution < -0.4 is 5.32 Å². The van der Waals surface area contributed by atoms with Gasteiger partial charge in [0.05, 0.1) is 11.5 Å². The number of rotatable bonds is 4. The molecule has 164 valence electrons. The fourth-order valence-electron chi connectivity index (χ4n) is 5.91. The molecule has 7 heteroatoms. The highest BCUT2D eigenvalue weighted by Crippen LogP contribution is 2.49. The van der Waals surface area contributed by atoms with E-state index in [2.05, 4.69) is 35.9 Å². The number of nitrogens with one attached hydrogen (secondary N) is 1. The van der Waals surface area contributed by atoms with Gasteiger partial charge in [-0.15, -0.1) is 0 Å². The van der Waals surface area contributed by atoms with Gasteiger partial charge >= 0.3 is 6.03 Å². The van der Waals surface area contributed by atoms with Crippen molar-refractivity contribution in [3.05, 3.63) is 30.1 Å². The van der Waals surface area contributed by atoms with Gasteiger partial charge in [0.2, 0.25) is 5.91 Å². The van der Waals surface area contributed by atoms with Gasteiger partial charge in [-0.3, -0.25) is 4.79 Å². The Kier molecular flexibility index (Phi) is 5.75. The van der Waals surface area contributed by atoms with Gasteiger partial charge in [0.25, 0.3) is 0 Å². The lowest BCUT2D eigenvalue weighted by Crippen LogP contribution is -2.58. The van der Waals surface area contributed by atoms with Crippen LogP contribution in [0.2, 0.25) is 0 Å². The Balaban J connectivity index is 1.44. The first kappa shape index (κ1) is 21.1. The van der Waals surface area contributed by atoms with Crippen molar-refractivity contribution >= 4 is 17.6 Å². The number of carbonyl (C=O) groups is 2. The Morgan fingerprint density at radius 1 is 1.20 bits per heavy atom. The average molecular weight is 417 g/mol. The second-order valence-corrected chi connectivity index (χ2v) is 9.44. The molecule has 1 aromatic rings. The van der Waals surface area contributed by atoms with E-state index < -0.39 is 0 Å². The Morgan fingerprint density at radius 2 is 1.87 bits per heavy atom. The number of amides is 3. The van der Waals surface area contributed by atoms with E-state index in [1.54, 1.807) is 12.1 Å². The van der Waals surface area contributed by atoms with Crippen LogP contribution in [0.1, 0.15) is 33.6 Å². The van der Waals surface area contributed by atoms with Crippen molar-refractivity contribution in [3.8, 4) is 0 Å². The Hall–Kier alpha value is -2.15. The highest BCUT2D eigenvalue weighted by Gasteiger charge is 2.61. The second-order valence-electron chi connectivity index (χ2n) is 9.44. The summed E-state index contributed by atoms with van der Waals surface area (Å²) in [4.78, 5) is 32.3. The number of anilines is 1. The van der Waals surface area contributed by atoms with Crippen molar-refractivity contribution < 1.29 is 14.0 Å². The summed E-state index contributed by atoms with van der Waals surface area (Å²) in [6, 6.07) is 5.66. The molecule has 2 atom stereocenters. The molecule has 6 nitrogen and oxygen atoms in total. The lowest BCUT2D eigenvalue weighted by Gasteiger charge is -2.47. The number of halogens is 1. The Bertz CT molecular complexity index is 789. The van der Waals surface area contributed by atoms with Gasteiger partial charge in [0.1, 0.15) is 5.82 Å². The minimum absolute atomic E-state index is 0.100. The molecule has 3 aliphatic heterocycles. The molecule has 1 aromatic carbocycles. The van der Waals surface area contributed by atoms with Crippen molar-refractivity contribution in [3.63, 3.8) is 0 Å².